The number of carbonyl (C=O) groups is 6. The Morgan fingerprint density at radius 1 is 0.721 bits per heavy atom. The quantitative estimate of drug-likeness (QED) is 0.294. The lowest BCUT2D eigenvalue weighted by Crippen LogP contribution is -2.43. The molecule has 2 aliphatic carbocycles. The number of aliphatic carboxylic acids is 2. The van der Waals surface area contributed by atoms with E-state index in [9.17, 15) is 33.9 Å². The van der Waals surface area contributed by atoms with E-state index in [-0.39, 0.29) is 75.1 Å². The van der Waals surface area contributed by atoms with Crippen molar-refractivity contribution in [1.29, 1.82) is 0 Å². The second kappa shape index (κ2) is 10.9. The zero-order chi connectivity index (χ0) is 30.6. The van der Waals surface area contributed by atoms with Crippen molar-refractivity contribution in [2.24, 2.45) is 29.6 Å². The van der Waals surface area contributed by atoms with E-state index in [0.29, 0.717) is 10.8 Å². The highest BCUT2D eigenvalue weighted by Crippen LogP contribution is 2.58. The van der Waals surface area contributed by atoms with Crippen LogP contribution in [-0.4, -0.2) is 73.8 Å². The number of rotatable bonds is 9. The van der Waals surface area contributed by atoms with Crippen LogP contribution >= 0.6 is 0 Å². The fourth-order valence-corrected chi connectivity index (χ4v) is 7.86. The molecular formula is C32H32N2O9. The van der Waals surface area contributed by atoms with Gasteiger partial charge in [-0.05, 0) is 48.6 Å². The molecule has 0 aromatic heterocycles. The third-order valence-electron chi connectivity index (χ3n) is 9.65. The molecule has 11 heteroatoms. The molecule has 2 aliphatic heterocycles. The standard InChI is InChI=1S/C32H32N2O9/c35-23-12-11-18(16-5-1-2-6-17(16)23)26-19-9-10-20-27(31(42)33(29(20)40)13-3-7-24(36)37)21(19)15-22-28(26)32(43)34(30(22)41)14-4-8-25(38)39/h1-2,5-6,9,11-12,20-22,26-28,35H,3-4,7-8,10,13-15H2,(H,36,37)(H,38,39)/t20-,21+,22+,26-,27-,28+/m0/s1. The van der Waals surface area contributed by atoms with E-state index in [1.165, 1.54) is 0 Å². The van der Waals surface area contributed by atoms with Crippen molar-refractivity contribution in [3.05, 3.63) is 53.6 Å². The minimum absolute atomic E-state index is 0.00583. The molecule has 0 bridgehead atoms. The van der Waals surface area contributed by atoms with Crippen LogP contribution in [0.15, 0.2) is 48.0 Å². The number of hydrogen-bond donors (Lipinski definition) is 3. The second-order valence-corrected chi connectivity index (χ2v) is 11.9. The molecule has 224 valence electrons. The third kappa shape index (κ3) is 4.67. The van der Waals surface area contributed by atoms with Crippen molar-refractivity contribution < 1.29 is 44.1 Å². The molecular weight excluding hydrogens is 556 g/mol. The van der Waals surface area contributed by atoms with E-state index in [2.05, 4.69) is 0 Å². The van der Waals surface area contributed by atoms with Gasteiger partial charge in [0.15, 0.2) is 0 Å². The summed E-state index contributed by atoms with van der Waals surface area (Å²) in [4.78, 5) is 79.4. The van der Waals surface area contributed by atoms with Gasteiger partial charge in [-0.15, -0.1) is 0 Å². The van der Waals surface area contributed by atoms with Gasteiger partial charge in [0.1, 0.15) is 5.75 Å². The van der Waals surface area contributed by atoms with Gasteiger partial charge in [0, 0.05) is 37.2 Å². The molecule has 2 saturated heterocycles. The number of carboxylic acid groups (broad SMARTS) is 2. The topological polar surface area (TPSA) is 170 Å². The number of carbonyl (C=O) groups excluding carboxylic acids is 4. The first kappa shape index (κ1) is 28.6. The molecule has 3 N–H and O–H groups in total. The highest BCUT2D eigenvalue weighted by molar-refractivity contribution is 6.08. The van der Waals surface area contributed by atoms with Crippen LogP contribution in [0.25, 0.3) is 10.8 Å². The number of imide groups is 2. The van der Waals surface area contributed by atoms with Crippen LogP contribution in [0.2, 0.25) is 0 Å². The van der Waals surface area contributed by atoms with Crippen LogP contribution < -0.4 is 0 Å². The molecule has 4 amide bonds. The Labute approximate surface area is 246 Å². The number of carboxylic acids is 2. The number of phenolic OH excluding ortho intramolecular Hbond substituents is 1. The average molecular weight is 589 g/mol. The molecule has 11 nitrogen and oxygen atoms in total. The fourth-order valence-electron chi connectivity index (χ4n) is 7.86. The summed E-state index contributed by atoms with van der Waals surface area (Å²) in [6, 6.07) is 10.5. The molecule has 2 heterocycles. The van der Waals surface area contributed by atoms with E-state index in [4.69, 9.17) is 10.2 Å². The highest BCUT2D eigenvalue weighted by Gasteiger charge is 2.61. The van der Waals surface area contributed by atoms with E-state index < -0.39 is 53.4 Å². The first-order valence-electron chi connectivity index (χ1n) is 14.6. The number of aromatic hydroxyl groups is 1. The van der Waals surface area contributed by atoms with Crippen molar-refractivity contribution in [3.8, 4) is 5.75 Å². The van der Waals surface area contributed by atoms with Gasteiger partial charge in [0.2, 0.25) is 23.6 Å². The smallest absolute Gasteiger partial charge is 0.303 e. The van der Waals surface area contributed by atoms with Crippen LogP contribution in [-0.2, 0) is 28.8 Å². The number of hydrogen-bond acceptors (Lipinski definition) is 7. The first-order valence-corrected chi connectivity index (χ1v) is 14.6. The van der Waals surface area contributed by atoms with Gasteiger partial charge in [0.05, 0.1) is 23.7 Å². The Morgan fingerprint density at radius 2 is 1.30 bits per heavy atom. The molecule has 1 saturated carbocycles. The number of allylic oxidation sites excluding steroid dienone is 2. The summed E-state index contributed by atoms with van der Waals surface area (Å²) in [5.41, 5.74) is 1.56. The van der Waals surface area contributed by atoms with Gasteiger partial charge in [-0.1, -0.05) is 42.0 Å². The van der Waals surface area contributed by atoms with Crippen molar-refractivity contribution >= 4 is 46.3 Å². The zero-order valence-corrected chi connectivity index (χ0v) is 23.3. The fraction of sp³-hybridized carbons (Fsp3) is 0.438. The number of phenols is 1. The summed E-state index contributed by atoms with van der Waals surface area (Å²) in [5.74, 6) is -7.45. The molecule has 6 atom stereocenters. The Balaban J connectivity index is 1.42. The molecule has 4 aliphatic rings. The van der Waals surface area contributed by atoms with E-state index in [0.717, 1.165) is 20.9 Å². The number of fused-ring (bicyclic) bond motifs is 5. The molecule has 2 aromatic rings. The van der Waals surface area contributed by atoms with Gasteiger partial charge in [-0.3, -0.25) is 38.6 Å². The van der Waals surface area contributed by atoms with Crippen LogP contribution in [0.5, 0.6) is 5.75 Å². The lowest BCUT2D eigenvalue weighted by molar-refractivity contribution is -0.143. The Hall–Kier alpha value is -4.54. The van der Waals surface area contributed by atoms with Gasteiger partial charge in [-0.2, -0.15) is 0 Å². The Morgan fingerprint density at radius 3 is 1.93 bits per heavy atom. The molecule has 0 spiro atoms. The van der Waals surface area contributed by atoms with Crippen molar-refractivity contribution in [3.63, 3.8) is 0 Å². The first-order chi connectivity index (χ1) is 20.6. The van der Waals surface area contributed by atoms with Crippen LogP contribution in [0.1, 0.15) is 50.0 Å². The number of amides is 4. The van der Waals surface area contributed by atoms with Crippen LogP contribution in [0.3, 0.4) is 0 Å². The molecule has 2 aromatic carbocycles. The predicted octanol–water partition coefficient (Wildman–Crippen LogP) is 2.91. The summed E-state index contributed by atoms with van der Waals surface area (Å²) >= 11 is 0. The SMILES string of the molecule is O=C(O)CCCN1C(=O)[C@H]2[C@H](CC=C3[C@H]2C[C@H]2C(=O)N(CCCC(=O)O)C(=O)[C@H]2[C@H]3c2ccc(O)c3ccccc23)C1=O. The summed E-state index contributed by atoms with van der Waals surface area (Å²) < 4.78 is 0. The predicted molar refractivity (Wildman–Crippen MR) is 150 cm³/mol. The van der Waals surface area contributed by atoms with Gasteiger partial charge >= 0.3 is 11.9 Å². The maximum atomic E-state index is 14.0. The minimum Gasteiger partial charge on any atom is -0.507 e. The van der Waals surface area contributed by atoms with Crippen molar-refractivity contribution in [2.75, 3.05) is 13.1 Å². The van der Waals surface area contributed by atoms with E-state index in [1.807, 2.05) is 18.2 Å². The minimum atomic E-state index is -1.02. The summed E-state index contributed by atoms with van der Waals surface area (Å²) in [6.07, 6.45) is 2.32. The molecule has 0 unspecified atom stereocenters. The van der Waals surface area contributed by atoms with Gasteiger partial charge in [-0.25, -0.2) is 0 Å². The van der Waals surface area contributed by atoms with Crippen molar-refractivity contribution in [2.45, 2.75) is 44.4 Å². The van der Waals surface area contributed by atoms with Gasteiger partial charge in [0.25, 0.3) is 0 Å². The lowest BCUT2D eigenvalue weighted by atomic mass is 9.57. The maximum Gasteiger partial charge on any atom is 0.303 e. The van der Waals surface area contributed by atoms with Crippen molar-refractivity contribution in [1.82, 2.24) is 9.80 Å². The van der Waals surface area contributed by atoms with Crippen LogP contribution in [0, 0.1) is 29.6 Å². The maximum absolute atomic E-state index is 14.0. The molecule has 3 fully saturated rings. The summed E-state index contributed by atoms with van der Waals surface area (Å²) in [5, 5.41) is 30.0. The largest absolute Gasteiger partial charge is 0.507 e. The Bertz CT molecular complexity index is 1600. The lowest BCUT2D eigenvalue weighted by Gasteiger charge is -2.44. The van der Waals surface area contributed by atoms with E-state index >= 15 is 0 Å². The average Bonchev–Trinajstić information content (AvgIpc) is 3.36. The summed E-state index contributed by atoms with van der Waals surface area (Å²) in [6.45, 7) is -0.0174. The third-order valence-corrected chi connectivity index (χ3v) is 9.65. The van der Waals surface area contributed by atoms with Crippen LogP contribution in [0.4, 0.5) is 0 Å². The van der Waals surface area contributed by atoms with E-state index in [1.54, 1.807) is 24.3 Å². The molecule has 6 rings (SSSR count). The summed E-state index contributed by atoms with van der Waals surface area (Å²) in [7, 11) is 0. The number of benzene rings is 2. The highest BCUT2D eigenvalue weighted by atomic mass is 16.4. The zero-order valence-electron chi connectivity index (χ0n) is 23.3. The number of likely N-dealkylation sites (tertiary alicyclic amines) is 2. The molecule has 43 heavy (non-hydrogen) atoms. The number of nitrogens with zero attached hydrogens (tertiary/aromatic N) is 2. The van der Waals surface area contributed by atoms with Gasteiger partial charge < -0.3 is 15.3 Å². The normalized spacial score (nSPS) is 28.1. The Kier molecular flexibility index (Phi) is 7.27. The second-order valence-electron chi connectivity index (χ2n) is 11.9. The molecule has 0 radical (unpaired) electrons. The monoisotopic (exact) mass is 588 g/mol.